The first-order chi connectivity index (χ1) is 1.97. The molecular weight excluding hydrogens is 48.0 g/mol. The summed E-state index contributed by atoms with van der Waals surface area (Å²) in [5.74, 6) is 1.04. The highest BCUT2D eigenvalue weighted by Gasteiger charge is 2.39. The van der Waals surface area contributed by atoms with Crippen LogP contribution < -0.4 is 0 Å². The van der Waals surface area contributed by atoms with Gasteiger partial charge in [0.2, 0.25) is 0 Å². The topological polar surface area (TPSA) is 0 Å². The molecule has 1 fully saturated rings. The summed E-state index contributed by atoms with van der Waals surface area (Å²) >= 11 is 0. The number of rotatable bonds is 0. The first-order valence-corrected chi connectivity index (χ1v) is 1.67. The van der Waals surface area contributed by atoms with Crippen LogP contribution in [0.5, 0.6) is 0 Å². The molecule has 20 valence electrons. The van der Waals surface area contributed by atoms with E-state index in [1.807, 2.05) is 0 Å². The average molecular weight is 52.1 g/mol. The van der Waals surface area contributed by atoms with Crippen molar-refractivity contribution in [3.63, 3.8) is 0 Å². The Balaban J connectivity index is 2.85. The molecule has 2 rings (SSSR count). The van der Waals surface area contributed by atoms with E-state index in [-0.39, 0.29) is 0 Å². The summed E-state index contributed by atoms with van der Waals surface area (Å²) in [6, 6.07) is 0. The Bertz CT molecular complexity index is 80.0. The van der Waals surface area contributed by atoms with Gasteiger partial charge in [-0.15, -0.1) is 0 Å². The monoisotopic (exact) mass is 52.0 g/mol. The molecule has 0 nitrogen and oxygen atoms in total. The highest BCUT2D eigenvalue weighted by Crippen LogP contribution is 2.53. The third-order valence-corrected chi connectivity index (χ3v) is 1.08. The third-order valence-electron chi connectivity index (χ3n) is 1.08. The number of hydrogen-bond acceptors (Lipinski definition) is 0. The molecule has 0 aromatic carbocycles. The smallest absolute Gasteiger partial charge is 0.00176 e. The number of allylic oxidation sites excluding steroid dienone is 2. The van der Waals surface area contributed by atoms with Gasteiger partial charge in [-0.05, 0) is 6.42 Å². The average Bonchev–Trinajstić information content (AvgIpc) is 1.36. The summed E-state index contributed by atoms with van der Waals surface area (Å²) in [7, 11) is 0. The first-order valence-electron chi connectivity index (χ1n) is 1.67. The van der Waals surface area contributed by atoms with E-state index in [9.17, 15) is 0 Å². The van der Waals surface area contributed by atoms with Gasteiger partial charge in [0.05, 0.1) is 0 Å². The number of hydrogen-bond donors (Lipinski definition) is 0. The molecule has 0 amide bonds. The molecule has 0 aliphatic heterocycles. The molecule has 0 N–H and O–H groups in total. The maximum absolute atomic E-state index is 2.31. The van der Waals surface area contributed by atoms with Gasteiger partial charge < -0.3 is 0 Å². The SMILES string of the molecule is C1=C2CC12. The van der Waals surface area contributed by atoms with E-state index in [0.717, 1.165) is 5.92 Å². The largest absolute Gasteiger partial charge is 0.0772 e. The fraction of sp³-hybridized carbons (Fsp3) is 0.500. The van der Waals surface area contributed by atoms with Crippen molar-refractivity contribution in [2.45, 2.75) is 6.42 Å². The van der Waals surface area contributed by atoms with Gasteiger partial charge in [-0.2, -0.15) is 0 Å². The summed E-state index contributed by atoms with van der Waals surface area (Å²) in [5, 5.41) is 0. The minimum atomic E-state index is 1.04. The van der Waals surface area contributed by atoms with E-state index < -0.39 is 0 Å². The fourth-order valence-electron chi connectivity index (χ4n) is 0.372. The van der Waals surface area contributed by atoms with Crippen molar-refractivity contribution in [1.82, 2.24) is 0 Å². The van der Waals surface area contributed by atoms with E-state index in [0.29, 0.717) is 0 Å². The molecule has 1 atom stereocenters. The Morgan fingerprint density at radius 2 is 2.25 bits per heavy atom. The van der Waals surface area contributed by atoms with Crippen molar-refractivity contribution in [1.29, 1.82) is 0 Å². The molecule has 0 bridgehead atoms. The predicted molar refractivity (Wildman–Crippen MR) is 16.2 cm³/mol. The maximum atomic E-state index is 2.31. The van der Waals surface area contributed by atoms with Crippen molar-refractivity contribution < 1.29 is 0 Å². The van der Waals surface area contributed by atoms with Gasteiger partial charge in [0.15, 0.2) is 0 Å². The Morgan fingerprint density at radius 3 is 2.25 bits per heavy atom. The van der Waals surface area contributed by atoms with Crippen LogP contribution in [-0.2, 0) is 0 Å². The van der Waals surface area contributed by atoms with Crippen molar-refractivity contribution in [3.05, 3.63) is 11.6 Å². The minimum absolute atomic E-state index is 1.04. The molecule has 0 saturated heterocycles. The van der Waals surface area contributed by atoms with Crippen LogP contribution >= 0.6 is 0 Å². The van der Waals surface area contributed by atoms with Gasteiger partial charge in [-0.1, -0.05) is 11.6 Å². The van der Waals surface area contributed by atoms with Gasteiger partial charge in [0.25, 0.3) is 0 Å². The van der Waals surface area contributed by atoms with Gasteiger partial charge in [0, 0.05) is 5.92 Å². The Morgan fingerprint density at radius 1 is 2.00 bits per heavy atom. The zero-order valence-corrected chi connectivity index (χ0v) is 2.36. The lowest BCUT2D eigenvalue weighted by Gasteiger charge is -1.48. The second kappa shape index (κ2) is 0.138. The molecule has 0 aromatic heterocycles. The molecule has 2 aliphatic rings. The Kier molecular flexibility index (Phi) is 0.0433. The fourth-order valence-corrected chi connectivity index (χ4v) is 0.372. The van der Waals surface area contributed by atoms with Gasteiger partial charge in [-0.25, -0.2) is 0 Å². The summed E-state index contributed by atoms with van der Waals surface area (Å²) in [4.78, 5) is 0. The van der Waals surface area contributed by atoms with Crippen molar-refractivity contribution in [2.75, 3.05) is 0 Å². The summed E-state index contributed by atoms with van der Waals surface area (Å²) < 4.78 is 0. The predicted octanol–water partition coefficient (Wildman–Crippen LogP) is 0.946. The van der Waals surface area contributed by atoms with E-state index in [1.165, 1.54) is 6.42 Å². The van der Waals surface area contributed by atoms with Crippen LogP contribution in [0.3, 0.4) is 0 Å². The lowest BCUT2D eigenvalue weighted by Crippen LogP contribution is -1.36. The third kappa shape index (κ3) is 0.0159. The zero-order valence-electron chi connectivity index (χ0n) is 2.36. The molecular formula is C4H4. The molecule has 0 heterocycles. The molecule has 1 unspecified atom stereocenters. The van der Waals surface area contributed by atoms with E-state index >= 15 is 0 Å². The van der Waals surface area contributed by atoms with Crippen LogP contribution in [-0.4, -0.2) is 0 Å². The van der Waals surface area contributed by atoms with Gasteiger partial charge in [0.1, 0.15) is 0 Å². The second-order valence-electron chi connectivity index (χ2n) is 1.55. The molecule has 0 spiro atoms. The number of fused-ring (bicyclic) bond motifs is 1. The van der Waals surface area contributed by atoms with Crippen molar-refractivity contribution in [3.8, 4) is 0 Å². The van der Waals surface area contributed by atoms with E-state index in [2.05, 4.69) is 6.08 Å². The standard InChI is InChI=1S/C4H4/c1-3-2-4(1)3/h1,3H,2H2. The van der Waals surface area contributed by atoms with Crippen LogP contribution in [0.2, 0.25) is 0 Å². The van der Waals surface area contributed by atoms with Crippen LogP contribution in [0.25, 0.3) is 0 Å². The van der Waals surface area contributed by atoms with E-state index in [4.69, 9.17) is 0 Å². The summed E-state index contributed by atoms with van der Waals surface area (Å²) in [5.41, 5.74) is 1.71. The molecule has 0 aromatic rings. The summed E-state index contributed by atoms with van der Waals surface area (Å²) in [6.45, 7) is 0. The molecule has 2 aliphatic carbocycles. The van der Waals surface area contributed by atoms with Crippen LogP contribution in [0, 0.1) is 5.92 Å². The van der Waals surface area contributed by atoms with E-state index in [1.54, 1.807) is 5.57 Å². The normalized spacial score (nSPS) is 46.0. The second-order valence-corrected chi connectivity index (χ2v) is 1.55. The molecule has 0 heteroatoms. The van der Waals surface area contributed by atoms with Crippen LogP contribution in [0.15, 0.2) is 11.6 Å². The lowest BCUT2D eigenvalue weighted by molar-refractivity contribution is 1.22. The first kappa shape index (κ1) is 1.25. The van der Waals surface area contributed by atoms with Gasteiger partial charge >= 0.3 is 0 Å². The highest BCUT2D eigenvalue weighted by atomic mass is 14.4. The van der Waals surface area contributed by atoms with Crippen molar-refractivity contribution in [2.24, 2.45) is 5.92 Å². The van der Waals surface area contributed by atoms with Crippen molar-refractivity contribution >= 4 is 0 Å². The Labute approximate surface area is 25.1 Å². The Hall–Kier alpha value is -0.260. The van der Waals surface area contributed by atoms with Crippen LogP contribution in [0.4, 0.5) is 0 Å². The lowest BCUT2D eigenvalue weighted by atomic mass is 10.6. The maximum Gasteiger partial charge on any atom is 0.00176 e. The zero-order chi connectivity index (χ0) is 2.57. The molecule has 4 heavy (non-hydrogen) atoms. The van der Waals surface area contributed by atoms with Gasteiger partial charge in [-0.3, -0.25) is 0 Å². The quantitative estimate of drug-likeness (QED) is 0.360. The highest BCUT2D eigenvalue weighted by molar-refractivity contribution is 5.45. The molecule has 1 saturated carbocycles. The molecule has 0 radical (unpaired) electrons. The summed E-state index contributed by atoms with van der Waals surface area (Å²) in [6.07, 6.45) is 3.75. The minimum Gasteiger partial charge on any atom is -0.0772 e. The van der Waals surface area contributed by atoms with Crippen LogP contribution in [0.1, 0.15) is 6.42 Å².